The fourth-order valence-electron chi connectivity index (χ4n) is 0.228. The van der Waals surface area contributed by atoms with Gasteiger partial charge in [0.25, 0.3) is 0 Å². The summed E-state index contributed by atoms with van der Waals surface area (Å²) < 4.78 is 15.0. The van der Waals surface area contributed by atoms with Gasteiger partial charge in [-0.1, -0.05) is 6.92 Å². The van der Waals surface area contributed by atoms with Crippen molar-refractivity contribution in [2.45, 2.75) is 26.4 Å². The summed E-state index contributed by atoms with van der Waals surface area (Å²) in [7, 11) is -1.70. The average Bonchev–Trinajstić information content (AvgIpc) is 1.65. The molecular formula is C4H10O2PS+. The molecule has 0 saturated carbocycles. The largest absolute Gasteiger partial charge is 0.582 e. The van der Waals surface area contributed by atoms with E-state index in [4.69, 9.17) is 4.52 Å². The van der Waals surface area contributed by atoms with Crippen molar-refractivity contribution in [1.29, 1.82) is 0 Å². The van der Waals surface area contributed by atoms with E-state index >= 15 is 0 Å². The van der Waals surface area contributed by atoms with Crippen molar-refractivity contribution in [3.8, 4) is 0 Å². The molecule has 0 aromatic heterocycles. The van der Waals surface area contributed by atoms with E-state index in [9.17, 15) is 4.57 Å². The molecule has 0 aliphatic heterocycles. The van der Waals surface area contributed by atoms with Crippen LogP contribution in [0, 0.1) is 0 Å². The first-order chi connectivity index (χ1) is 3.66. The molecular weight excluding hydrogens is 143 g/mol. The Bertz CT molecular complexity index is 86.1. The van der Waals surface area contributed by atoms with Crippen LogP contribution in [0.4, 0.5) is 0 Å². The first-order valence-corrected chi connectivity index (χ1v) is 4.82. The molecule has 0 fully saturated rings. The Kier molecular flexibility index (Phi) is 4.53. The molecule has 0 radical (unpaired) electrons. The number of hydrogen-bond donors (Lipinski definition) is 1. The van der Waals surface area contributed by atoms with E-state index < -0.39 is 7.23 Å². The Labute approximate surface area is 55.6 Å². The van der Waals surface area contributed by atoms with Gasteiger partial charge in [0.2, 0.25) is 0 Å². The quantitative estimate of drug-likeness (QED) is 0.497. The summed E-state index contributed by atoms with van der Waals surface area (Å²) in [6.07, 6.45) is 0.942. The van der Waals surface area contributed by atoms with Crippen molar-refractivity contribution in [3.05, 3.63) is 0 Å². The van der Waals surface area contributed by atoms with Crippen molar-refractivity contribution in [1.82, 2.24) is 0 Å². The molecule has 0 bridgehead atoms. The highest BCUT2D eigenvalue weighted by molar-refractivity contribution is 8.39. The Hall–Kier alpha value is 0.410. The molecule has 0 spiro atoms. The lowest BCUT2D eigenvalue weighted by Gasteiger charge is -1.94. The van der Waals surface area contributed by atoms with Crippen LogP contribution in [0.2, 0.25) is 0 Å². The molecule has 0 amide bonds. The molecule has 8 heavy (non-hydrogen) atoms. The van der Waals surface area contributed by atoms with Crippen LogP contribution in [0.25, 0.3) is 0 Å². The Morgan fingerprint density at radius 2 is 2.38 bits per heavy atom. The van der Waals surface area contributed by atoms with Crippen LogP contribution >= 0.6 is 19.5 Å². The van der Waals surface area contributed by atoms with Gasteiger partial charge < -0.3 is 0 Å². The highest BCUT2D eigenvalue weighted by Gasteiger charge is 2.13. The molecule has 0 aromatic rings. The third-order valence-corrected chi connectivity index (χ3v) is 1.67. The van der Waals surface area contributed by atoms with Crippen LogP contribution < -0.4 is 0 Å². The summed E-state index contributed by atoms with van der Waals surface area (Å²) in [6.45, 7) is 3.83. The van der Waals surface area contributed by atoms with Crippen LogP contribution in [0.15, 0.2) is 0 Å². The molecule has 4 heteroatoms. The van der Waals surface area contributed by atoms with Crippen molar-refractivity contribution >= 4 is 19.5 Å². The van der Waals surface area contributed by atoms with Gasteiger partial charge in [0.15, 0.2) is 0 Å². The van der Waals surface area contributed by atoms with Crippen LogP contribution in [0.3, 0.4) is 0 Å². The predicted molar refractivity (Wildman–Crippen MR) is 37.4 cm³/mol. The standard InChI is InChI=1S/C4H9O2PS/c1-3-4(2)6-7(5)8/h4H,3H2,1-2H3/p+1. The third kappa shape index (κ3) is 4.57. The molecule has 0 aliphatic rings. The van der Waals surface area contributed by atoms with Crippen LogP contribution in [0.1, 0.15) is 20.3 Å². The minimum atomic E-state index is -1.70. The van der Waals surface area contributed by atoms with Gasteiger partial charge in [0.05, 0.1) is 0 Å². The molecule has 2 unspecified atom stereocenters. The minimum Gasteiger partial charge on any atom is -0.133 e. The van der Waals surface area contributed by atoms with E-state index in [0.717, 1.165) is 6.42 Å². The van der Waals surface area contributed by atoms with Gasteiger partial charge in [0, 0.05) is 0 Å². The van der Waals surface area contributed by atoms with E-state index in [2.05, 4.69) is 12.2 Å². The first kappa shape index (κ1) is 8.41. The van der Waals surface area contributed by atoms with Crippen molar-refractivity contribution < 1.29 is 9.09 Å². The van der Waals surface area contributed by atoms with E-state index in [-0.39, 0.29) is 6.10 Å². The van der Waals surface area contributed by atoms with E-state index in [1.807, 2.05) is 13.8 Å². The summed E-state index contributed by atoms with van der Waals surface area (Å²) in [6, 6.07) is 0. The van der Waals surface area contributed by atoms with E-state index in [1.54, 1.807) is 0 Å². The number of hydrogen-bond acceptors (Lipinski definition) is 2. The van der Waals surface area contributed by atoms with Crippen molar-refractivity contribution in [2.75, 3.05) is 0 Å². The lowest BCUT2D eigenvalue weighted by atomic mass is 10.3. The number of thiol groups is 1. The van der Waals surface area contributed by atoms with Gasteiger partial charge in [-0.2, -0.15) is 0 Å². The lowest BCUT2D eigenvalue weighted by molar-refractivity contribution is 0.238. The van der Waals surface area contributed by atoms with Gasteiger partial charge in [-0.25, -0.2) is 0 Å². The highest BCUT2D eigenvalue weighted by Crippen LogP contribution is 2.29. The van der Waals surface area contributed by atoms with Gasteiger partial charge in [-0.05, 0) is 17.9 Å². The summed E-state index contributed by atoms with van der Waals surface area (Å²) >= 11 is 3.58. The Morgan fingerprint density at radius 3 is 2.50 bits per heavy atom. The van der Waals surface area contributed by atoms with E-state index in [0.29, 0.717) is 0 Å². The SMILES string of the molecule is CCC(C)O[P+](=O)S. The second-order valence-corrected chi connectivity index (χ2v) is 3.23. The van der Waals surface area contributed by atoms with E-state index in [1.165, 1.54) is 0 Å². The first-order valence-electron chi connectivity index (χ1n) is 2.49. The fourth-order valence-corrected chi connectivity index (χ4v) is 1.17. The molecule has 2 nitrogen and oxygen atoms in total. The summed E-state index contributed by atoms with van der Waals surface area (Å²) in [5, 5.41) is 0. The normalized spacial score (nSPS) is 15.6. The fraction of sp³-hybridized carbons (Fsp3) is 1.00. The maximum absolute atomic E-state index is 10.2. The molecule has 0 heterocycles. The molecule has 0 aromatic carbocycles. The second-order valence-electron chi connectivity index (χ2n) is 1.56. The molecule has 0 saturated heterocycles. The third-order valence-electron chi connectivity index (χ3n) is 0.845. The highest BCUT2D eigenvalue weighted by atomic mass is 32.7. The average molecular weight is 153 g/mol. The number of rotatable bonds is 3. The van der Waals surface area contributed by atoms with Gasteiger partial charge in [-0.15, -0.1) is 4.52 Å². The maximum atomic E-state index is 10.2. The van der Waals surface area contributed by atoms with Gasteiger partial charge >= 0.3 is 7.23 Å². The zero-order valence-electron chi connectivity index (χ0n) is 5.00. The Morgan fingerprint density at radius 1 is 1.88 bits per heavy atom. The van der Waals surface area contributed by atoms with Crippen molar-refractivity contribution in [2.24, 2.45) is 0 Å². The molecule has 2 atom stereocenters. The topological polar surface area (TPSA) is 26.3 Å². The maximum Gasteiger partial charge on any atom is 0.582 e. The molecule has 0 N–H and O–H groups in total. The van der Waals surface area contributed by atoms with Crippen LogP contribution in [0.5, 0.6) is 0 Å². The summed E-state index contributed by atoms with van der Waals surface area (Å²) in [5.74, 6) is 0. The van der Waals surface area contributed by atoms with Gasteiger partial charge in [-0.3, -0.25) is 0 Å². The Balaban J connectivity index is 3.24. The zero-order valence-corrected chi connectivity index (χ0v) is 6.78. The molecule has 0 aliphatic carbocycles. The van der Waals surface area contributed by atoms with Gasteiger partial charge in [0.1, 0.15) is 18.4 Å². The van der Waals surface area contributed by atoms with Crippen LogP contribution in [-0.2, 0) is 9.09 Å². The predicted octanol–water partition coefficient (Wildman–Crippen LogP) is 2.39. The second kappa shape index (κ2) is 4.30. The zero-order chi connectivity index (χ0) is 6.57. The lowest BCUT2D eigenvalue weighted by Crippen LogP contribution is -1.97. The molecule has 0 rings (SSSR count). The monoisotopic (exact) mass is 153 g/mol. The summed E-state index contributed by atoms with van der Waals surface area (Å²) in [4.78, 5) is 0. The minimum absolute atomic E-state index is 0.0658. The summed E-state index contributed by atoms with van der Waals surface area (Å²) in [5.41, 5.74) is 0. The smallest absolute Gasteiger partial charge is 0.133 e. The molecule has 48 valence electrons. The van der Waals surface area contributed by atoms with Crippen molar-refractivity contribution in [3.63, 3.8) is 0 Å². The van der Waals surface area contributed by atoms with Crippen LogP contribution in [-0.4, -0.2) is 6.10 Å².